The lowest BCUT2D eigenvalue weighted by Crippen LogP contribution is -2.04. The van der Waals surface area contributed by atoms with E-state index in [4.69, 9.17) is 0 Å². The highest BCUT2D eigenvalue weighted by Gasteiger charge is 2.00. The van der Waals surface area contributed by atoms with E-state index in [-0.39, 0.29) is 0 Å². The van der Waals surface area contributed by atoms with Gasteiger partial charge in [0.2, 0.25) is 0 Å². The molecule has 0 radical (unpaired) electrons. The quantitative estimate of drug-likeness (QED) is 0.773. The summed E-state index contributed by atoms with van der Waals surface area (Å²) in [6, 6.07) is 8.70. The monoisotopic (exact) mass is 212 g/mol. The summed E-state index contributed by atoms with van der Waals surface area (Å²) in [5.41, 5.74) is 2.57. The summed E-state index contributed by atoms with van der Waals surface area (Å²) in [7, 11) is 1.96. The van der Waals surface area contributed by atoms with Gasteiger partial charge in [-0.15, -0.1) is 5.92 Å². The van der Waals surface area contributed by atoms with E-state index in [0.717, 1.165) is 13.1 Å². The Kier molecular flexibility index (Phi) is 3.28. The molecule has 0 aliphatic carbocycles. The summed E-state index contributed by atoms with van der Waals surface area (Å²) in [5, 5.41) is 4.44. The molecule has 16 heavy (non-hydrogen) atoms. The van der Waals surface area contributed by atoms with E-state index in [1.807, 2.05) is 14.0 Å². The van der Waals surface area contributed by atoms with Crippen LogP contribution < -0.4 is 5.32 Å². The lowest BCUT2D eigenvalue weighted by Gasteiger charge is -2.02. The number of hydrogen-bond donors (Lipinski definition) is 1. The third kappa shape index (κ3) is 2.10. The van der Waals surface area contributed by atoms with E-state index in [0.29, 0.717) is 0 Å². The number of rotatable bonds is 3. The zero-order valence-electron chi connectivity index (χ0n) is 9.75. The summed E-state index contributed by atoms with van der Waals surface area (Å²) in [5.74, 6) is 6.00. The predicted molar refractivity (Wildman–Crippen MR) is 68.2 cm³/mol. The molecular weight excluding hydrogens is 196 g/mol. The van der Waals surface area contributed by atoms with Gasteiger partial charge in [-0.2, -0.15) is 0 Å². The number of fused-ring (bicyclic) bond motifs is 1. The van der Waals surface area contributed by atoms with E-state index in [9.17, 15) is 0 Å². The topological polar surface area (TPSA) is 17.0 Å². The van der Waals surface area contributed by atoms with Crippen molar-refractivity contribution in [1.82, 2.24) is 9.88 Å². The highest BCUT2D eigenvalue weighted by atomic mass is 14.9. The van der Waals surface area contributed by atoms with Crippen LogP contribution >= 0.6 is 0 Å². The summed E-state index contributed by atoms with van der Waals surface area (Å²) in [4.78, 5) is 0. The van der Waals surface area contributed by atoms with Crippen molar-refractivity contribution in [3.8, 4) is 11.8 Å². The maximum atomic E-state index is 3.16. The Balaban J connectivity index is 2.37. The maximum absolute atomic E-state index is 3.16. The van der Waals surface area contributed by atoms with Crippen LogP contribution in [-0.2, 0) is 13.1 Å². The normalized spacial score (nSPS) is 10.1. The first kappa shape index (κ1) is 10.8. The van der Waals surface area contributed by atoms with Gasteiger partial charge < -0.3 is 9.88 Å². The Bertz CT molecular complexity index is 541. The predicted octanol–water partition coefficient (Wildman–Crippen LogP) is 2.38. The number of nitrogens with zero attached hydrogens (tertiary/aromatic N) is 1. The standard InChI is InChI=1S/C14H16N2/c1-3-4-8-16-9-7-13-10-12(11-15-2)5-6-14(13)16/h5-7,9-10,15H,8,11H2,1-2H3. The highest BCUT2D eigenvalue weighted by molar-refractivity contribution is 5.81. The summed E-state index contributed by atoms with van der Waals surface area (Å²) < 4.78 is 2.18. The van der Waals surface area contributed by atoms with Crippen molar-refractivity contribution in [2.45, 2.75) is 20.0 Å². The lowest BCUT2D eigenvalue weighted by molar-refractivity contribution is 0.818. The van der Waals surface area contributed by atoms with Crippen molar-refractivity contribution in [2.24, 2.45) is 0 Å². The van der Waals surface area contributed by atoms with Crippen molar-refractivity contribution in [2.75, 3.05) is 7.05 Å². The highest BCUT2D eigenvalue weighted by Crippen LogP contribution is 2.17. The summed E-state index contributed by atoms with van der Waals surface area (Å²) in [6.07, 6.45) is 2.10. The third-order valence-corrected chi connectivity index (χ3v) is 2.64. The van der Waals surface area contributed by atoms with Gasteiger partial charge in [-0.05, 0) is 43.1 Å². The maximum Gasteiger partial charge on any atom is 0.0837 e. The lowest BCUT2D eigenvalue weighted by atomic mass is 10.1. The van der Waals surface area contributed by atoms with Gasteiger partial charge in [0.1, 0.15) is 0 Å². The van der Waals surface area contributed by atoms with E-state index in [1.54, 1.807) is 0 Å². The number of aromatic nitrogens is 1. The Morgan fingerprint density at radius 1 is 1.31 bits per heavy atom. The molecule has 2 aromatic rings. The van der Waals surface area contributed by atoms with Crippen LogP contribution in [-0.4, -0.2) is 11.6 Å². The Labute approximate surface area is 96.3 Å². The van der Waals surface area contributed by atoms with Crippen LogP contribution in [0.5, 0.6) is 0 Å². The summed E-state index contributed by atoms with van der Waals surface area (Å²) in [6.45, 7) is 3.55. The second-order valence-corrected chi connectivity index (χ2v) is 3.79. The number of hydrogen-bond acceptors (Lipinski definition) is 1. The molecule has 2 heteroatoms. The molecule has 2 nitrogen and oxygen atoms in total. The molecule has 1 aromatic heterocycles. The smallest absolute Gasteiger partial charge is 0.0837 e. The second-order valence-electron chi connectivity index (χ2n) is 3.79. The fourth-order valence-electron chi connectivity index (χ4n) is 1.87. The first-order valence-corrected chi connectivity index (χ1v) is 5.47. The summed E-state index contributed by atoms with van der Waals surface area (Å²) >= 11 is 0. The molecule has 1 aromatic carbocycles. The molecule has 0 aliphatic rings. The molecule has 0 saturated carbocycles. The minimum atomic E-state index is 0.769. The number of nitrogens with one attached hydrogen (secondary N) is 1. The Morgan fingerprint density at radius 2 is 2.19 bits per heavy atom. The van der Waals surface area contributed by atoms with Crippen LogP contribution in [0.1, 0.15) is 12.5 Å². The molecule has 0 aliphatic heterocycles. The van der Waals surface area contributed by atoms with Crippen LogP contribution in [0.15, 0.2) is 30.5 Å². The van der Waals surface area contributed by atoms with Crippen LogP contribution in [0, 0.1) is 11.8 Å². The Hall–Kier alpha value is -1.72. The van der Waals surface area contributed by atoms with Gasteiger partial charge >= 0.3 is 0 Å². The molecule has 0 atom stereocenters. The average molecular weight is 212 g/mol. The van der Waals surface area contributed by atoms with Crippen LogP contribution in [0.3, 0.4) is 0 Å². The van der Waals surface area contributed by atoms with Gasteiger partial charge in [0, 0.05) is 18.3 Å². The van der Waals surface area contributed by atoms with Crippen molar-refractivity contribution in [3.05, 3.63) is 36.0 Å². The molecule has 0 spiro atoms. The average Bonchev–Trinajstić information content (AvgIpc) is 2.69. The fourth-order valence-corrected chi connectivity index (χ4v) is 1.87. The van der Waals surface area contributed by atoms with Crippen LogP contribution in [0.25, 0.3) is 10.9 Å². The van der Waals surface area contributed by atoms with Crippen LogP contribution in [0.4, 0.5) is 0 Å². The molecule has 82 valence electrons. The molecule has 1 heterocycles. The van der Waals surface area contributed by atoms with Gasteiger partial charge in [0.25, 0.3) is 0 Å². The largest absolute Gasteiger partial charge is 0.336 e. The van der Waals surface area contributed by atoms with Crippen LogP contribution in [0.2, 0.25) is 0 Å². The van der Waals surface area contributed by atoms with Crippen molar-refractivity contribution < 1.29 is 0 Å². The first-order valence-electron chi connectivity index (χ1n) is 5.47. The molecule has 1 N–H and O–H groups in total. The van der Waals surface area contributed by atoms with Crippen molar-refractivity contribution in [1.29, 1.82) is 0 Å². The molecule has 0 amide bonds. The second kappa shape index (κ2) is 4.87. The SMILES string of the molecule is CC#CCn1ccc2cc(CNC)ccc21. The zero-order chi connectivity index (χ0) is 11.4. The van der Waals surface area contributed by atoms with Gasteiger partial charge in [-0.1, -0.05) is 12.0 Å². The first-order chi connectivity index (χ1) is 7.85. The third-order valence-electron chi connectivity index (χ3n) is 2.64. The van der Waals surface area contributed by atoms with Crippen molar-refractivity contribution in [3.63, 3.8) is 0 Å². The molecular formula is C14H16N2. The van der Waals surface area contributed by atoms with Gasteiger partial charge in [-0.3, -0.25) is 0 Å². The van der Waals surface area contributed by atoms with E-state index in [1.165, 1.54) is 16.5 Å². The minimum Gasteiger partial charge on any atom is -0.336 e. The van der Waals surface area contributed by atoms with E-state index >= 15 is 0 Å². The molecule has 0 bridgehead atoms. The van der Waals surface area contributed by atoms with Gasteiger partial charge in [0.15, 0.2) is 0 Å². The molecule has 0 saturated heterocycles. The minimum absolute atomic E-state index is 0.769. The van der Waals surface area contributed by atoms with Crippen molar-refractivity contribution >= 4 is 10.9 Å². The van der Waals surface area contributed by atoms with E-state index < -0.39 is 0 Å². The fraction of sp³-hybridized carbons (Fsp3) is 0.286. The molecule has 0 fully saturated rings. The number of benzene rings is 1. The molecule has 0 unspecified atom stereocenters. The van der Waals surface area contributed by atoms with Gasteiger partial charge in [0.05, 0.1) is 6.54 Å². The Morgan fingerprint density at radius 3 is 2.94 bits per heavy atom. The van der Waals surface area contributed by atoms with E-state index in [2.05, 4.69) is 52.2 Å². The molecule has 2 rings (SSSR count). The van der Waals surface area contributed by atoms with Gasteiger partial charge in [-0.25, -0.2) is 0 Å². The zero-order valence-corrected chi connectivity index (χ0v) is 9.75.